The molecule has 0 saturated carbocycles. The summed E-state index contributed by atoms with van der Waals surface area (Å²) in [5, 5.41) is 16.2. The second kappa shape index (κ2) is 13.1. The van der Waals surface area contributed by atoms with Crippen molar-refractivity contribution in [1.29, 1.82) is 0 Å². The standard InChI is InChI=1S/C27H36N6O3/c1-36-18-17-33(15-5-4-8-21-12-11-20-7-6-14-28-26(20)30-21)16-13-24(27(34)35)32-25-19-29-22-9-2-3-10-23(22)31-25/h2-3,9-12,19,24H,4-8,13-18H2,1H3,(H,28,30)(H,31,32)(H,34,35)/t24-/m0/s1. The van der Waals surface area contributed by atoms with Crippen LogP contribution in [-0.4, -0.2) is 76.9 Å². The second-order valence-electron chi connectivity index (χ2n) is 9.20. The van der Waals surface area contributed by atoms with Crippen LogP contribution in [0, 0.1) is 0 Å². The molecule has 3 heterocycles. The zero-order valence-electron chi connectivity index (χ0n) is 20.9. The third-order valence-electron chi connectivity index (χ3n) is 6.52. The van der Waals surface area contributed by atoms with Crippen molar-refractivity contribution in [3.05, 3.63) is 53.9 Å². The van der Waals surface area contributed by atoms with Crippen molar-refractivity contribution in [2.75, 3.05) is 50.5 Å². The summed E-state index contributed by atoms with van der Waals surface area (Å²) in [5.74, 6) is 0.615. The Morgan fingerprint density at radius 3 is 2.83 bits per heavy atom. The highest BCUT2D eigenvalue weighted by atomic mass is 16.5. The molecule has 0 spiro atoms. The number of methoxy groups -OCH3 is 1. The Labute approximate surface area is 212 Å². The van der Waals surface area contributed by atoms with Gasteiger partial charge in [0, 0.05) is 32.4 Å². The van der Waals surface area contributed by atoms with Crippen molar-refractivity contribution in [3.8, 4) is 0 Å². The first kappa shape index (κ1) is 25.8. The van der Waals surface area contributed by atoms with E-state index in [4.69, 9.17) is 9.72 Å². The molecular formula is C27H36N6O3. The van der Waals surface area contributed by atoms with Crippen molar-refractivity contribution < 1.29 is 14.6 Å². The van der Waals surface area contributed by atoms with Crippen LogP contribution in [0.15, 0.2) is 42.6 Å². The molecule has 2 aromatic heterocycles. The van der Waals surface area contributed by atoms with Crippen LogP contribution in [0.25, 0.3) is 11.0 Å². The van der Waals surface area contributed by atoms with Gasteiger partial charge in [-0.3, -0.25) is 4.98 Å². The van der Waals surface area contributed by atoms with Gasteiger partial charge in [-0.2, -0.15) is 0 Å². The Balaban J connectivity index is 1.27. The maximum Gasteiger partial charge on any atom is 0.326 e. The summed E-state index contributed by atoms with van der Waals surface area (Å²) < 4.78 is 5.28. The number of aliphatic carboxylic acids is 1. The fourth-order valence-electron chi connectivity index (χ4n) is 4.48. The van der Waals surface area contributed by atoms with E-state index < -0.39 is 12.0 Å². The molecule has 9 nitrogen and oxygen atoms in total. The van der Waals surface area contributed by atoms with E-state index >= 15 is 0 Å². The summed E-state index contributed by atoms with van der Waals surface area (Å²) in [6, 6.07) is 11.1. The first-order valence-electron chi connectivity index (χ1n) is 12.8. The predicted octanol–water partition coefficient (Wildman–Crippen LogP) is 3.61. The van der Waals surface area contributed by atoms with Crippen LogP contribution in [0.1, 0.15) is 36.9 Å². The van der Waals surface area contributed by atoms with E-state index in [2.05, 4.69) is 37.6 Å². The lowest BCUT2D eigenvalue weighted by molar-refractivity contribution is -0.138. The number of ether oxygens (including phenoxy) is 1. The highest BCUT2D eigenvalue weighted by molar-refractivity contribution is 5.78. The van der Waals surface area contributed by atoms with Gasteiger partial charge in [0.1, 0.15) is 17.7 Å². The van der Waals surface area contributed by atoms with Crippen LogP contribution in [-0.2, 0) is 22.4 Å². The summed E-state index contributed by atoms with van der Waals surface area (Å²) in [4.78, 5) is 27.9. The number of para-hydroxylation sites is 2. The Bertz CT molecular complexity index is 1140. The van der Waals surface area contributed by atoms with E-state index in [0.29, 0.717) is 25.4 Å². The summed E-state index contributed by atoms with van der Waals surface area (Å²) in [6.45, 7) is 3.90. The molecule has 1 aliphatic heterocycles. The molecule has 0 saturated heterocycles. The molecule has 0 radical (unpaired) electrons. The number of anilines is 2. The van der Waals surface area contributed by atoms with Crippen LogP contribution < -0.4 is 10.6 Å². The number of nitrogens with one attached hydrogen (secondary N) is 2. The Kier molecular flexibility index (Phi) is 9.40. The van der Waals surface area contributed by atoms with Gasteiger partial charge < -0.3 is 25.4 Å². The van der Waals surface area contributed by atoms with Crippen LogP contribution >= 0.6 is 0 Å². The number of fused-ring (bicyclic) bond motifs is 2. The largest absolute Gasteiger partial charge is 0.480 e. The molecule has 0 bridgehead atoms. The third-order valence-corrected chi connectivity index (χ3v) is 6.52. The number of carbonyl (C=O) groups is 1. The SMILES string of the molecule is COCCN(CCCCc1ccc2c(n1)NCCC2)CC[C@H](Nc1cnc2ccccc2n1)C(=O)O. The summed E-state index contributed by atoms with van der Waals surface area (Å²) >= 11 is 0. The zero-order chi connectivity index (χ0) is 25.2. The molecule has 3 aromatic rings. The second-order valence-corrected chi connectivity index (χ2v) is 9.20. The molecule has 1 aromatic carbocycles. The van der Waals surface area contributed by atoms with E-state index in [1.54, 1.807) is 13.3 Å². The topological polar surface area (TPSA) is 113 Å². The number of aryl methyl sites for hydroxylation is 2. The molecule has 0 fully saturated rings. The first-order chi connectivity index (χ1) is 17.6. The number of hydrogen-bond donors (Lipinski definition) is 3. The lowest BCUT2D eigenvalue weighted by Gasteiger charge is -2.24. The zero-order valence-corrected chi connectivity index (χ0v) is 20.9. The third kappa shape index (κ3) is 7.35. The molecule has 1 atom stereocenters. The Morgan fingerprint density at radius 2 is 2.00 bits per heavy atom. The molecule has 4 rings (SSSR count). The van der Waals surface area contributed by atoms with Gasteiger partial charge in [0.2, 0.25) is 0 Å². The van der Waals surface area contributed by atoms with Gasteiger partial charge in [-0.1, -0.05) is 18.2 Å². The normalized spacial score (nSPS) is 13.8. The molecule has 192 valence electrons. The van der Waals surface area contributed by atoms with Crippen molar-refractivity contribution >= 4 is 28.6 Å². The van der Waals surface area contributed by atoms with E-state index in [9.17, 15) is 9.90 Å². The van der Waals surface area contributed by atoms with Gasteiger partial charge in [0.05, 0.1) is 23.8 Å². The number of aromatic nitrogens is 3. The maximum atomic E-state index is 11.9. The monoisotopic (exact) mass is 492 g/mol. The Morgan fingerprint density at radius 1 is 1.14 bits per heavy atom. The van der Waals surface area contributed by atoms with Crippen molar-refractivity contribution in [2.24, 2.45) is 0 Å². The van der Waals surface area contributed by atoms with Crippen LogP contribution in [0.3, 0.4) is 0 Å². The minimum absolute atomic E-state index is 0.450. The van der Waals surface area contributed by atoms with Crippen molar-refractivity contribution in [3.63, 3.8) is 0 Å². The summed E-state index contributed by atoms with van der Waals surface area (Å²) in [5.41, 5.74) is 3.95. The van der Waals surface area contributed by atoms with Gasteiger partial charge in [-0.15, -0.1) is 0 Å². The van der Waals surface area contributed by atoms with E-state index in [1.165, 1.54) is 12.0 Å². The van der Waals surface area contributed by atoms with Gasteiger partial charge >= 0.3 is 5.97 Å². The number of carboxylic acid groups (broad SMARTS) is 1. The number of carboxylic acids is 1. The van der Waals surface area contributed by atoms with Crippen molar-refractivity contribution in [1.82, 2.24) is 19.9 Å². The fraction of sp³-hybridized carbons (Fsp3) is 0.481. The Hall–Kier alpha value is -3.30. The summed E-state index contributed by atoms with van der Waals surface area (Å²) in [7, 11) is 1.69. The molecule has 9 heteroatoms. The lowest BCUT2D eigenvalue weighted by atomic mass is 10.1. The van der Waals surface area contributed by atoms with E-state index in [1.807, 2.05) is 24.3 Å². The number of rotatable bonds is 14. The minimum atomic E-state index is -0.899. The van der Waals surface area contributed by atoms with Crippen LogP contribution in [0.5, 0.6) is 0 Å². The predicted molar refractivity (Wildman–Crippen MR) is 142 cm³/mol. The summed E-state index contributed by atoms with van der Waals surface area (Å²) in [6.07, 6.45) is 7.28. The van der Waals surface area contributed by atoms with Crippen LogP contribution in [0.4, 0.5) is 11.6 Å². The molecule has 36 heavy (non-hydrogen) atoms. The van der Waals surface area contributed by atoms with Crippen LogP contribution in [0.2, 0.25) is 0 Å². The average Bonchev–Trinajstić information content (AvgIpc) is 2.91. The molecule has 0 aliphatic carbocycles. The number of benzene rings is 1. The lowest BCUT2D eigenvalue weighted by Crippen LogP contribution is -2.37. The number of hydrogen-bond acceptors (Lipinski definition) is 8. The highest BCUT2D eigenvalue weighted by Crippen LogP contribution is 2.20. The van der Waals surface area contributed by atoms with E-state index in [0.717, 1.165) is 67.9 Å². The number of unbranched alkanes of at least 4 members (excludes halogenated alkanes) is 1. The molecular weight excluding hydrogens is 456 g/mol. The minimum Gasteiger partial charge on any atom is -0.480 e. The molecule has 0 unspecified atom stereocenters. The molecule has 1 aliphatic rings. The first-order valence-corrected chi connectivity index (χ1v) is 12.8. The number of pyridine rings is 1. The van der Waals surface area contributed by atoms with Crippen molar-refractivity contribution in [2.45, 2.75) is 44.6 Å². The molecule has 3 N–H and O–H groups in total. The van der Waals surface area contributed by atoms with Gasteiger partial charge in [0.15, 0.2) is 0 Å². The smallest absolute Gasteiger partial charge is 0.326 e. The average molecular weight is 493 g/mol. The number of nitrogens with zero attached hydrogens (tertiary/aromatic N) is 4. The van der Waals surface area contributed by atoms with Gasteiger partial charge in [0.25, 0.3) is 0 Å². The maximum absolute atomic E-state index is 11.9. The van der Waals surface area contributed by atoms with Gasteiger partial charge in [-0.25, -0.2) is 14.8 Å². The molecule has 0 amide bonds. The van der Waals surface area contributed by atoms with Gasteiger partial charge in [-0.05, 0) is 68.8 Å². The quantitative estimate of drug-likeness (QED) is 0.291. The fourth-order valence-corrected chi connectivity index (χ4v) is 4.48. The van der Waals surface area contributed by atoms with E-state index in [-0.39, 0.29) is 0 Å². The highest BCUT2D eigenvalue weighted by Gasteiger charge is 2.20.